The molecule has 1 unspecified atom stereocenters. The number of dihydropyridines is 1. The van der Waals surface area contributed by atoms with Crippen LogP contribution in [0.4, 0.5) is 11.4 Å². The van der Waals surface area contributed by atoms with Crippen LogP contribution in [0.3, 0.4) is 0 Å². The number of hydrogen-bond acceptors (Lipinski definition) is 5. The van der Waals surface area contributed by atoms with Crippen LogP contribution in [0.15, 0.2) is 101 Å². The third-order valence-corrected chi connectivity index (χ3v) is 7.46. The lowest BCUT2D eigenvalue weighted by Crippen LogP contribution is -2.31. The summed E-state index contributed by atoms with van der Waals surface area (Å²) in [6.45, 7) is 5.81. The average Bonchev–Trinajstić information content (AvgIpc) is 2.93. The van der Waals surface area contributed by atoms with E-state index in [4.69, 9.17) is 0 Å². The minimum Gasteiger partial charge on any atom is -0.353 e. The number of anilines is 2. The molecule has 3 aromatic rings. The first-order chi connectivity index (χ1) is 18.4. The molecule has 0 bridgehead atoms. The number of carbonyl (C=O) groups is 2. The van der Waals surface area contributed by atoms with Crippen molar-refractivity contribution in [2.75, 3.05) is 16.4 Å². The Morgan fingerprint density at radius 3 is 2.26 bits per heavy atom. The molecule has 1 aliphatic heterocycles. The van der Waals surface area contributed by atoms with E-state index in [0.29, 0.717) is 21.9 Å². The second-order valence-electron chi connectivity index (χ2n) is 8.98. The van der Waals surface area contributed by atoms with Crippen molar-refractivity contribution in [2.45, 2.75) is 33.1 Å². The van der Waals surface area contributed by atoms with E-state index >= 15 is 0 Å². The Morgan fingerprint density at radius 2 is 1.58 bits per heavy atom. The first-order valence-corrected chi connectivity index (χ1v) is 13.5. The lowest BCUT2D eigenvalue weighted by molar-refractivity contribution is -0.114. The molecule has 4 rings (SSSR count). The van der Waals surface area contributed by atoms with Crippen molar-refractivity contribution in [1.29, 1.82) is 5.26 Å². The van der Waals surface area contributed by atoms with Crippen molar-refractivity contribution in [2.24, 2.45) is 0 Å². The summed E-state index contributed by atoms with van der Waals surface area (Å²) in [6.07, 6.45) is 0.810. The monoisotopic (exact) mass is 522 g/mol. The number of nitriles is 1. The van der Waals surface area contributed by atoms with E-state index in [0.717, 1.165) is 34.5 Å². The number of aryl methyl sites for hydroxylation is 2. The average molecular weight is 523 g/mol. The molecule has 0 fully saturated rings. The summed E-state index contributed by atoms with van der Waals surface area (Å²) >= 11 is 1.26. The Labute approximate surface area is 227 Å². The molecule has 0 saturated carbocycles. The van der Waals surface area contributed by atoms with Crippen LogP contribution in [-0.2, 0) is 16.0 Å². The van der Waals surface area contributed by atoms with Crippen LogP contribution >= 0.6 is 11.8 Å². The van der Waals surface area contributed by atoms with Gasteiger partial charge in [0.05, 0.1) is 28.3 Å². The zero-order valence-electron chi connectivity index (χ0n) is 21.7. The first kappa shape index (κ1) is 26.8. The standard InChI is InChI=1S/C31H30N4O2S/c1-4-22-13-9-11-17-26(22)34-27(36)19-38-31-24(18-32)29(23-14-6-5-7-15-23)28(21(3)33-31)30(37)35-25-16-10-8-12-20(25)2/h5-17,29,33H,4,19H2,1-3H3,(H,34,36)(H,35,37). The highest BCUT2D eigenvalue weighted by Gasteiger charge is 2.35. The predicted octanol–water partition coefficient (Wildman–Crippen LogP) is 6.26. The predicted molar refractivity (Wildman–Crippen MR) is 154 cm³/mol. The molecular weight excluding hydrogens is 492 g/mol. The van der Waals surface area contributed by atoms with Crippen molar-refractivity contribution in [1.82, 2.24) is 5.32 Å². The molecule has 1 heterocycles. The molecule has 1 aliphatic rings. The SMILES string of the molecule is CCc1ccccc1NC(=O)CSC1=C(C#N)C(c2ccccc2)C(C(=O)Nc2ccccc2C)=C(C)N1. The minimum absolute atomic E-state index is 0.116. The molecule has 3 aromatic carbocycles. The topological polar surface area (TPSA) is 94.0 Å². The normalized spacial score (nSPS) is 14.9. The van der Waals surface area contributed by atoms with Gasteiger partial charge >= 0.3 is 0 Å². The zero-order chi connectivity index (χ0) is 27.1. The maximum absolute atomic E-state index is 13.6. The van der Waals surface area contributed by atoms with Gasteiger partial charge in [-0.3, -0.25) is 9.59 Å². The molecule has 0 aromatic heterocycles. The highest BCUT2D eigenvalue weighted by atomic mass is 32.2. The quantitative estimate of drug-likeness (QED) is 0.324. The van der Waals surface area contributed by atoms with Gasteiger partial charge < -0.3 is 16.0 Å². The van der Waals surface area contributed by atoms with Gasteiger partial charge in [-0.2, -0.15) is 5.26 Å². The van der Waals surface area contributed by atoms with Gasteiger partial charge in [-0.05, 0) is 49.1 Å². The zero-order valence-corrected chi connectivity index (χ0v) is 22.5. The maximum Gasteiger partial charge on any atom is 0.254 e. The van der Waals surface area contributed by atoms with E-state index in [1.807, 2.05) is 99.6 Å². The number of allylic oxidation sites excluding steroid dienone is 2. The van der Waals surface area contributed by atoms with E-state index in [2.05, 4.69) is 22.0 Å². The molecule has 3 N–H and O–H groups in total. The summed E-state index contributed by atoms with van der Waals surface area (Å²) in [5.74, 6) is -0.893. The Bertz CT molecular complexity index is 1450. The van der Waals surface area contributed by atoms with Crippen LogP contribution in [-0.4, -0.2) is 17.6 Å². The van der Waals surface area contributed by atoms with Gasteiger partial charge in [0.25, 0.3) is 5.91 Å². The molecule has 2 amide bonds. The Balaban J connectivity index is 1.62. The fraction of sp³-hybridized carbons (Fsp3) is 0.194. The molecule has 0 aliphatic carbocycles. The minimum atomic E-state index is -0.571. The Kier molecular flexibility index (Phi) is 8.67. The number of thioether (sulfide) groups is 1. The molecule has 192 valence electrons. The summed E-state index contributed by atoms with van der Waals surface area (Å²) in [5, 5.41) is 20.1. The number of hydrogen-bond donors (Lipinski definition) is 3. The summed E-state index contributed by atoms with van der Waals surface area (Å²) in [7, 11) is 0. The second kappa shape index (κ2) is 12.3. The smallest absolute Gasteiger partial charge is 0.254 e. The number of nitrogens with one attached hydrogen (secondary N) is 3. The lowest BCUT2D eigenvalue weighted by atomic mass is 9.82. The van der Waals surface area contributed by atoms with Crippen LogP contribution in [0.25, 0.3) is 0 Å². The lowest BCUT2D eigenvalue weighted by Gasteiger charge is -2.30. The first-order valence-electron chi connectivity index (χ1n) is 12.5. The maximum atomic E-state index is 13.6. The fourth-order valence-corrected chi connectivity index (χ4v) is 5.38. The summed E-state index contributed by atoms with van der Waals surface area (Å²) in [6, 6.07) is 27.1. The van der Waals surface area contributed by atoms with Gasteiger partial charge in [-0.15, -0.1) is 0 Å². The molecule has 0 saturated heterocycles. The van der Waals surface area contributed by atoms with E-state index in [1.165, 1.54) is 11.8 Å². The molecule has 6 nitrogen and oxygen atoms in total. The largest absolute Gasteiger partial charge is 0.353 e. The van der Waals surface area contributed by atoms with Crippen molar-refractivity contribution in [3.05, 3.63) is 117 Å². The fourth-order valence-electron chi connectivity index (χ4n) is 4.48. The van der Waals surface area contributed by atoms with Crippen LogP contribution in [0.2, 0.25) is 0 Å². The summed E-state index contributed by atoms with van der Waals surface area (Å²) in [5.41, 5.74) is 5.87. The molecule has 1 atom stereocenters. The number of amides is 2. The van der Waals surface area contributed by atoms with Gasteiger partial charge in [-0.1, -0.05) is 85.4 Å². The summed E-state index contributed by atoms with van der Waals surface area (Å²) in [4.78, 5) is 26.4. The van der Waals surface area contributed by atoms with E-state index in [9.17, 15) is 14.9 Å². The van der Waals surface area contributed by atoms with Crippen molar-refractivity contribution in [3.63, 3.8) is 0 Å². The third kappa shape index (κ3) is 5.99. The number of rotatable bonds is 8. The van der Waals surface area contributed by atoms with Crippen molar-refractivity contribution in [3.8, 4) is 6.07 Å². The van der Waals surface area contributed by atoms with Gasteiger partial charge in [0.1, 0.15) is 0 Å². The molecule has 0 spiro atoms. The van der Waals surface area contributed by atoms with Gasteiger partial charge in [0, 0.05) is 22.6 Å². The number of nitrogens with zero attached hydrogens (tertiary/aromatic N) is 1. The van der Waals surface area contributed by atoms with Crippen LogP contribution < -0.4 is 16.0 Å². The van der Waals surface area contributed by atoms with Crippen molar-refractivity contribution >= 4 is 35.0 Å². The van der Waals surface area contributed by atoms with Crippen LogP contribution in [0.1, 0.15) is 36.5 Å². The third-order valence-electron chi connectivity index (χ3n) is 6.44. The van der Waals surface area contributed by atoms with Crippen molar-refractivity contribution < 1.29 is 9.59 Å². The van der Waals surface area contributed by atoms with Gasteiger partial charge in [0.2, 0.25) is 5.91 Å². The van der Waals surface area contributed by atoms with E-state index < -0.39 is 5.92 Å². The van der Waals surface area contributed by atoms with Gasteiger partial charge in [-0.25, -0.2) is 0 Å². The molecule has 0 radical (unpaired) electrons. The molecule has 7 heteroatoms. The molecular formula is C31H30N4O2S. The van der Waals surface area contributed by atoms with E-state index in [1.54, 1.807) is 0 Å². The van der Waals surface area contributed by atoms with Gasteiger partial charge in [0.15, 0.2) is 0 Å². The highest BCUT2D eigenvalue weighted by molar-refractivity contribution is 8.03. The molecule has 38 heavy (non-hydrogen) atoms. The van der Waals surface area contributed by atoms with Crippen LogP contribution in [0.5, 0.6) is 0 Å². The highest BCUT2D eigenvalue weighted by Crippen LogP contribution is 2.41. The summed E-state index contributed by atoms with van der Waals surface area (Å²) < 4.78 is 0. The van der Waals surface area contributed by atoms with Crippen LogP contribution in [0, 0.1) is 18.3 Å². The Morgan fingerprint density at radius 1 is 0.921 bits per heavy atom. The Hall–Kier alpha value is -4.28. The second-order valence-corrected chi connectivity index (χ2v) is 9.96. The van der Waals surface area contributed by atoms with E-state index in [-0.39, 0.29) is 17.6 Å². The number of carbonyl (C=O) groups excluding carboxylic acids is 2. The number of benzene rings is 3. The number of para-hydroxylation sites is 2.